The molecule has 0 bridgehead atoms. The van der Waals surface area contributed by atoms with Gasteiger partial charge in [-0.3, -0.25) is 14.3 Å². The topological polar surface area (TPSA) is 85.3 Å². The van der Waals surface area contributed by atoms with Crippen molar-refractivity contribution in [3.8, 4) is 0 Å². The number of rotatable bonds is 6. The molecule has 0 fully saturated rings. The van der Waals surface area contributed by atoms with Crippen LogP contribution in [0, 0.1) is 0 Å². The van der Waals surface area contributed by atoms with Crippen LogP contribution in [0.1, 0.15) is 29.8 Å². The van der Waals surface area contributed by atoms with Gasteiger partial charge in [0.1, 0.15) is 6.10 Å². The maximum absolute atomic E-state index is 11.7. The van der Waals surface area contributed by atoms with Gasteiger partial charge in [0.25, 0.3) is 0 Å². The van der Waals surface area contributed by atoms with Gasteiger partial charge in [-0.2, -0.15) is 5.10 Å². The van der Waals surface area contributed by atoms with E-state index in [0.717, 1.165) is 17.7 Å². The van der Waals surface area contributed by atoms with Gasteiger partial charge in [0.05, 0.1) is 25.4 Å². The summed E-state index contributed by atoms with van der Waals surface area (Å²) in [7, 11) is 0. The van der Waals surface area contributed by atoms with Gasteiger partial charge in [0, 0.05) is 19.7 Å². The Bertz CT molecular complexity index is 742. The number of ether oxygens (including phenoxy) is 1. The minimum Gasteiger partial charge on any atom is -0.370 e. The number of nitrogens with zero attached hydrogens (tertiary/aromatic N) is 2. The van der Waals surface area contributed by atoms with Gasteiger partial charge in [-0.25, -0.2) is 0 Å². The molecule has 132 valence electrons. The van der Waals surface area contributed by atoms with Gasteiger partial charge in [0.15, 0.2) is 0 Å². The quantitative estimate of drug-likeness (QED) is 0.813. The van der Waals surface area contributed by atoms with Gasteiger partial charge in [0.2, 0.25) is 11.8 Å². The van der Waals surface area contributed by atoms with Crippen LogP contribution in [0.15, 0.2) is 36.5 Å². The Kier molecular flexibility index (Phi) is 5.45. The standard InChI is InChI=1S/C18H22N4O3/c1-13(23)19-10-17(24)20-9-16-18-15(7-8-25-16)12-22(21-18)11-14-5-3-2-4-6-14/h2-6,12,16H,7-11H2,1H3,(H,19,23)(H,20,24)/t16-/m0/s1. The molecular weight excluding hydrogens is 320 g/mol. The van der Waals surface area contributed by atoms with Crippen molar-refractivity contribution in [3.05, 3.63) is 53.3 Å². The molecule has 0 unspecified atom stereocenters. The Morgan fingerprint density at radius 1 is 1.28 bits per heavy atom. The Morgan fingerprint density at radius 2 is 2.08 bits per heavy atom. The molecule has 0 radical (unpaired) electrons. The molecule has 7 nitrogen and oxygen atoms in total. The number of carbonyl (C=O) groups excluding carboxylic acids is 2. The van der Waals surface area contributed by atoms with Crippen LogP contribution < -0.4 is 10.6 Å². The molecule has 0 saturated heterocycles. The predicted molar refractivity (Wildman–Crippen MR) is 91.9 cm³/mol. The zero-order valence-corrected chi connectivity index (χ0v) is 14.2. The Hall–Kier alpha value is -2.67. The molecule has 1 aromatic heterocycles. The van der Waals surface area contributed by atoms with Gasteiger partial charge in [-0.1, -0.05) is 30.3 Å². The molecule has 0 saturated carbocycles. The third kappa shape index (κ3) is 4.67. The number of nitrogens with one attached hydrogen (secondary N) is 2. The van der Waals surface area contributed by atoms with E-state index in [1.807, 2.05) is 22.9 Å². The highest BCUT2D eigenvalue weighted by atomic mass is 16.5. The summed E-state index contributed by atoms with van der Waals surface area (Å²) in [6.45, 7) is 3.00. The fourth-order valence-electron chi connectivity index (χ4n) is 2.81. The smallest absolute Gasteiger partial charge is 0.239 e. The van der Waals surface area contributed by atoms with Gasteiger partial charge < -0.3 is 15.4 Å². The summed E-state index contributed by atoms with van der Waals surface area (Å²) in [6.07, 6.45) is 2.61. The molecule has 1 aliphatic rings. The van der Waals surface area contributed by atoms with Crippen molar-refractivity contribution >= 4 is 11.8 Å². The van der Waals surface area contributed by atoms with Crippen LogP contribution in [0.25, 0.3) is 0 Å². The first-order valence-electron chi connectivity index (χ1n) is 8.34. The third-order valence-corrected chi connectivity index (χ3v) is 4.04. The van der Waals surface area contributed by atoms with Crippen molar-refractivity contribution in [2.24, 2.45) is 0 Å². The summed E-state index contributed by atoms with van der Waals surface area (Å²) >= 11 is 0. The number of carbonyl (C=O) groups is 2. The molecular formula is C18H22N4O3. The summed E-state index contributed by atoms with van der Waals surface area (Å²) in [6, 6.07) is 10.1. The lowest BCUT2D eigenvalue weighted by molar-refractivity contribution is -0.125. The van der Waals surface area contributed by atoms with Crippen LogP contribution in [0.2, 0.25) is 0 Å². The lowest BCUT2D eigenvalue weighted by Gasteiger charge is -2.22. The largest absolute Gasteiger partial charge is 0.370 e. The Morgan fingerprint density at radius 3 is 2.84 bits per heavy atom. The second-order valence-corrected chi connectivity index (χ2v) is 6.05. The summed E-state index contributed by atoms with van der Waals surface area (Å²) in [5.41, 5.74) is 3.22. The van der Waals surface area contributed by atoms with E-state index in [1.165, 1.54) is 12.5 Å². The molecule has 1 aromatic carbocycles. The molecule has 1 aliphatic heterocycles. The molecule has 2 aromatic rings. The molecule has 2 N–H and O–H groups in total. The number of aromatic nitrogens is 2. The van der Waals surface area contributed by atoms with E-state index in [0.29, 0.717) is 19.7 Å². The van der Waals surface area contributed by atoms with E-state index < -0.39 is 0 Å². The fourth-order valence-corrected chi connectivity index (χ4v) is 2.81. The van der Waals surface area contributed by atoms with E-state index in [2.05, 4.69) is 34.1 Å². The second-order valence-electron chi connectivity index (χ2n) is 6.05. The number of hydrogen-bond donors (Lipinski definition) is 2. The van der Waals surface area contributed by atoms with Crippen molar-refractivity contribution in [1.29, 1.82) is 0 Å². The minimum atomic E-state index is -0.262. The summed E-state index contributed by atoms with van der Waals surface area (Å²) < 4.78 is 7.68. The fraction of sp³-hybridized carbons (Fsp3) is 0.389. The lowest BCUT2D eigenvalue weighted by atomic mass is 10.1. The highest BCUT2D eigenvalue weighted by Gasteiger charge is 2.25. The van der Waals surface area contributed by atoms with E-state index in [9.17, 15) is 9.59 Å². The molecule has 2 heterocycles. The van der Waals surface area contributed by atoms with Crippen LogP contribution in [0.3, 0.4) is 0 Å². The summed E-state index contributed by atoms with van der Waals surface area (Å²) in [5, 5.41) is 9.90. The van der Waals surface area contributed by atoms with Gasteiger partial charge >= 0.3 is 0 Å². The van der Waals surface area contributed by atoms with Crippen molar-refractivity contribution in [2.45, 2.75) is 26.0 Å². The van der Waals surface area contributed by atoms with Gasteiger partial charge in [-0.05, 0) is 17.5 Å². The molecule has 3 rings (SSSR count). The Labute approximate surface area is 146 Å². The molecule has 0 spiro atoms. The average molecular weight is 342 g/mol. The van der Waals surface area contributed by atoms with Crippen LogP contribution >= 0.6 is 0 Å². The predicted octanol–water partition coefficient (Wildman–Crippen LogP) is 0.798. The average Bonchev–Trinajstić information content (AvgIpc) is 3.02. The van der Waals surface area contributed by atoms with Crippen molar-refractivity contribution in [3.63, 3.8) is 0 Å². The summed E-state index contributed by atoms with van der Waals surface area (Å²) in [5.74, 6) is -0.472. The normalized spacial score (nSPS) is 16.1. The first kappa shape index (κ1) is 17.2. The van der Waals surface area contributed by atoms with E-state index in [4.69, 9.17) is 4.74 Å². The minimum absolute atomic E-state index is 0.0304. The van der Waals surface area contributed by atoms with Crippen LogP contribution in [0.4, 0.5) is 0 Å². The van der Waals surface area contributed by atoms with Crippen LogP contribution in [-0.2, 0) is 27.3 Å². The zero-order valence-electron chi connectivity index (χ0n) is 14.2. The first-order chi connectivity index (χ1) is 12.1. The monoisotopic (exact) mass is 342 g/mol. The van der Waals surface area contributed by atoms with E-state index in [1.54, 1.807) is 0 Å². The zero-order chi connectivity index (χ0) is 17.6. The molecule has 2 amide bonds. The number of hydrogen-bond acceptors (Lipinski definition) is 4. The third-order valence-electron chi connectivity index (χ3n) is 4.04. The lowest BCUT2D eigenvalue weighted by Crippen LogP contribution is -2.38. The Balaban J connectivity index is 1.61. The van der Waals surface area contributed by atoms with Crippen molar-refractivity contribution in [1.82, 2.24) is 20.4 Å². The summed E-state index contributed by atoms with van der Waals surface area (Å²) in [4.78, 5) is 22.6. The van der Waals surface area contributed by atoms with Gasteiger partial charge in [-0.15, -0.1) is 0 Å². The first-order valence-corrected chi connectivity index (χ1v) is 8.34. The highest BCUT2D eigenvalue weighted by Crippen LogP contribution is 2.25. The van der Waals surface area contributed by atoms with Crippen LogP contribution in [0.5, 0.6) is 0 Å². The second kappa shape index (κ2) is 7.94. The maximum Gasteiger partial charge on any atom is 0.239 e. The number of fused-ring (bicyclic) bond motifs is 1. The van der Waals surface area contributed by atoms with E-state index in [-0.39, 0.29) is 24.5 Å². The number of benzene rings is 1. The highest BCUT2D eigenvalue weighted by molar-refractivity contribution is 5.83. The van der Waals surface area contributed by atoms with Crippen LogP contribution in [-0.4, -0.2) is 41.3 Å². The SMILES string of the molecule is CC(=O)NCC(=O)NC[C@@H]1OCCc2cn(Cc3ccccc3)nc21. The molecule has 1 atom stereocenters. The maximum atomic E-state index is 11.7. The van der Waals surface area contributed by atoms with Crippen molar-refractivity contribution in [2.75, 3.05) is 19.7 Å². The van der Waals surface area contributed by atoms with E-state index >= 15 is 0 Å². The molecule has 0 aliphatic carbocycles. The molecule has 25 heavy (non-hydrogen) atoms. The molecule has 7 heteroatoms. The van der Waals surface area contributed by atoms with Crippen molar-refractivity contribution < 1.29 is 14.3 Å². The number of amides is 2.